The van der Waals surface area contributed by atoms with Crippen LogP contribution in [0.1, 0.15) is 31.4 Å². The third kappa shape index (κ3) is 3.36. The molecule has 0 saturated carbocycles. The van der Waals surface area contributed by atoms with Gasteiger partial charge in [-0.25, -0.2) is 0 Å². The Hall–Kier alpha value is -2.64. The van der Waals surface area contributed by atoms with Crippen molar-refractivity contribution in [2.24, 2.45) is 10.9 Å². The Morgan fingerprint density at radius 2 is 2.00 bits per heavy atom. The van der Waals surface area contributed by atoms with Crippen molar-refractivity contribution in [2.75, 3.05) is 11.4 Å². The van der Waals surface area contributed by atoms with E-state index in [1.54, 1.807) is 12.1 Å². The lowest BCUT2D eigenvalue weighted by molar-refractivity contribution is -0.120. The molecular weight excluding hydrogens is 346 g/mol. The molecule has 1 heterocycles. The molecule has 0 aliphatic carbocycles. The average molecular weight is 366 g/mol. The Labute approximate surface area is 158 Å². The molecule has 0 aromatic heterocycles. The van der Waals surface area contributed by atoms with Gasteiger partial charge in [-0.1, -0.05) is 62.2 Å². The maximum Gasteiger partial charge on any atom is 0.253 e. The fraction of sp³-hybridized carbons (Fsp3) is 0.286. The van der Waals surface area contributed by atoms with Crippen LogP contribution >= 0.6 is 11.6 Å². The van der Waals surface area contributed by atoms with Gasteiger partial charge in [-0.2, -0.15) is 5.26 Å². The summed E-state index contributed by atoms with van der Waals surface area (Å²) in [6.07, 6.45) is 0.819. The zero-order chi connectivity index (χ0) is 18.7. The first kappa shape index (κ1) is 18.2. The molecular formula is C21H20ClN3O. The summed E-state index contributed by atoms with van der Waals surface area (Å²) in [7, 11) is 0. The topological polar surface area (TPSA) is 56.5 Å². The predicted molar refractivity (Wildman–Crippen MR) is 105 cm³/mol. The third-order valence-electron chi connectivity index (χ3n) is 4.75. The van der Waals surface area contributed by atoms with Gasteiger partial charge in [0, 0.05) is 16.1 Å². The SMILES string of the molecule is CC[C@H](C)[C@@H]1N=C(c2ccccc2)c2cc(Cl)ccc2N(CC#N)C1=O. The molecule has 0 fully saturated rings. The van der Waals surface area contributed by atoms with E-state index in [2.05, 4.69) is 6.07 Å². The molecule has 26 heavy (non-hydrogen) atoms. The Bertz CT molecular complexity index is 886. The van der Waals surface area contributed by atoms with E-state index in [1.165, 1.54) is 4.90 Å². The predicted octanol–water partition coefficient (Wildman–Crippen LogP) is 4.46. The van der Waals surface area contributed by atoms with E-state index in [1.807, 2.05) is 50.2 Å². The monoisotopic (exact) mass is 365 g/mol. The molecule has 1 amide bonds. The number of hydrogen-bond donors (Lipinski definition) is 0. The van der Waals surface area contributed by atoms with E-state index in [9.17, 15) is 10.1 Å². The van der Waals surface area contributed by atoms with E-state index in [-0.39, 0.29) is 18.4 Å². The summed E-state index contributed by atoms with van der Waals surface area (Å²) in [6, 6.07) is 16.7. The van der Waals surface area contributed by atoms with Crippen LogP contribution < -0.4 is 4.90 Å². The maximum absolute atomic E-state index is 13.2. The Morgan fingerprint density at radius 1 is 1.27 bits per heavy atom. The minimum Gasteiger partial charge on any atom is -0.296 e. The molecule has 1 aliphatic heterocycles. The van der Waals surface area contributed by atoms with E-state index < -0.39 is 6.04 Å². The molecule has 2 aromatic rings. The summed E-state index contributed by atoms with van der Waals surface area (Å²) >= 11 is 6.25. The summed E-state index contributed by atoms with van der Waals surface area (Å²) in [4.78, 5) is 19.6. The van der Waals surface area contributed by atoms with Gasteiger partial charge in [0.2, 0.25) is 0 Å². The number of benzene rings is 2. The smallest absolute Gasteiger partial charge is 0.253 e. The molecule has 4 nitrogen and oxygen atoms in total. The number of carbonyl (C=O) groups is 1. The number of nitrogens with zero attached hydrogens (tertiary/aromatic N) is 3. The Kier molecular flexibility index (Phi) is 5.39. The van der Waals surface area contributed by atoms with E-state index in [0.29, 0.717) is 10.7 Å². The van der Waals surface area contributed by atoms with Crippen molar-refractivity contribution < 1.29 is 4.79 Å². The summed E-state index contributed by atoms with van der Waals surface area (Å²) < 4.78 is 0. The van der Waals surface area contributed by atoms with Gasteiger partial charge in [0.15, 0.2) is 0 Å². The number of rotatable bonds is 4. The third-order valence-corrected chi connectivity index (χ3v) is 4.99. The van der Waals surface area contributed by atoms with Crippen molar-refractivity contribution in [2.45, 2.75) is 26.3 Å². The lowest BCUT2D eigenvalue weighted by Crippen LogP contribution is -2.41. The highest BCUT2D eigenvalue weighted by atomic mass is 35.5. The van der Waals surface area contributed by atoms with Crippen LogP contribution in [0.2, 0.25) is 5.02 Å². The van der Waals surface area contributed by atoms with Crippen LogP contribution in [0.4, 0.5) is 5.69 Å². The summed E-state index contributed by atoms with van der Waals surface area (Å²) in [5.41, 5.74) is 3.12. The van der Waals surface area contributed by atoms with Crippen LogP contribution in [-0.2, 0) is 4.79 Å². The van der Waals surface area contributed by atoms with Crippen molar-refractivity contribution in [1.29, 1.82) is 5.26 Å². The number of hydrogen-bond acceptors (Lipinski definition) is 3. The number of aliphatic imine (C=N–C) groups is 1. The summed E-state index contributed by atoms with van der Waals surface area (Å²) in [5.74, 6) is -0.0809. The van der Waals surface area contributed by atoms with Crippen LogP contribution in [0.5, 0.6) is 0 Å². The van der Waals surface area contributed by atoms with Crippen molar-refractivity contribution >= 4 is 28.9 Å². The second kappa shape index (κ2) is 7.72. The van der Waals surface area contributed by atoms with Gasteiger partial charge >= 0.3 is 0 Å². The summed E-state index contributed by atoms with van der Waals surface area (Å²) in [5, 5.41) is 9.83. The lowest BCUT2D eigenvalue weighted by Gasteiger charge is -2.24. The Morgan fingerprint density at radius 3 is 2.65 bits per heavy atom. The normalized spacial score (nSPS) is 17.8. The number of carbonyl (C=O) groups excluding carboxylic acids is 1. The largest absolute Gasteiger partial charge is 0.296 e. The molecule has 132 valence electrons. The van der Waals surface area contributed by atoms with Crippen molar-refractivity contribution in [3.63, 3.8) is 0 Å². The number of anilines is 1. The second-order valence-electron chi connectivity index (χ2n) is 6.42. The molecule has 2 atom stereocenters. The highest BCUT2D eigenvalue weighted by molar-refractivity contribution is 6.32. The first-order valence-corrected chi connectivity index (χ1v) is 9.06. The van der Waals surface area contributed by atoms with Gasteiger partial charge in [-0.05, 0) is 24.1 Å². The standard InChI is InChI=1S/C21H20ClN3O/c1-3-14(2)19-21(26)25(12-11-23)18-10-9-16(22)13-17(18)20(24-19)15-7-5-4-6-8-15/h4-10,13-14,19H,3,12H2,1-2H3/t14-,19-/m0/s1. The number of nitriles is 1. The molecule has 0 bridgehead atoms. The minimum absolute atomic E-state index is 0.0159. The van der Waals surface area contributed by atoms with Crippen LogP contribution in [0.3, 0.4) is 0 Å². The van der Waals surface area contributed by atoms with Crippen molar-refractivity contribution in [1.82, 2.24) is 0 Å². The van der Waals surface area contributed by atoms with E-state index in [4.69, 9.17) is 16.6 Å². The molecule has 0 radical (unpaired) electrons. The number of amides is 1. The van der Waals surface area contributed by atoms with Crippen molar-refractivity contribution in [3.05, 3.63) is 64.7 Å². The minimum atomic E-state index is -0.533. The van der Waals surface area contributed by atoms with Gasteiger partial charge < -0.3 is 0 Å². The fourth-order valence-corrected chi connectivity index (χ4v) is 3.30. The first-order chi connectivity index (χ1) is 12.6. The lowest BCUT2D eigenvalue weighted by atomic mass is 9.98. The molecule has 3 rings (SSSR count). The Balaban J connectivity index is 2.28. The molecule has 1 aliphatic rings. The van der Waals surface area contributed by atoms with Crippen LogP contribution in [0.25, 0.3) is 0 Å². The van der Waals surface area contributed by atoms with Gasteiger partial charge in [-0.3, -0.25) is 14.7 Å². The molecule has 0 saturated heterocycles. The highest BCUT2D eigenvalue weighted by Crippen LogP contribution is 2.32. The average Bonchev–Trinajstić information content (AvgIpc) is 2.77. The van der Waals surface area contributed by atoms with Crippen molar-refractivity contribution in [3.8, 4) is 6.07 Å². The zero-order valence-corrected chi connectivity index (χ0v) is 15.6. The van der Waals surface area contributed by atoms with Gasteiger partial charge in [0.05, 0.1) is 17.5 Å². The summed E-state index contributed by atoms with van der Waals surface area (Å²) in [6.45, 7) is 4.04. The van der Waals surface area contributed by atoms with Crippen LogP contribution in [0, 0.1) is 17.2 Å². The van der Waals surface area contributed by atoms with E-state index in [0.717, 1.165) is 23.3 Å². The number of fused-ring (bicyclic) bond motifs is 1. The molecule has 0 unspecified atom stereocenters. The molecule has 0 spiro atoms. The first-order valence-electron chi connectivity index (χ1n) is 8.68. The van der Waals surface area contributed by atoms with Crippen LogP contribution in [-0.4, -0.2) is 24.2 Å². The number of benzodiazepines with no additional fused rings is 1. The zero-order valence-electron chi connectivity index (χ0n) is 14.8. The van der Waals surface area contributed by atoms with Crippen LogP contribution in [0.15, 0.2) is 53.5 Å². The van der Waals surface area contributed by atoms with Gasteiger partial charge in [0.1, 0.15) is 12.6 Å². The highest BCUT2D eigenvalue weighted by Gasteiger charge is 2.34. The quantitative estimate of drug-likeness (QED) is 0.751. The molecule has 2 aromatic carbocycles. The van der Waals surface area contributed by atoms with Gasteiger partial charge in [0.25, 0.3) is 5.91 Å². The molecule has 0 N–H and O–H groups in total. The second-order valence-corrected chi connectivity index (χ2v) is 6.85. The molecule has 5 heteroatoms. The van der Waals surface area contributed by atoms with Gasteiger partial charge in [-0.15, -0.1) is 0 Å². The maximum atomic E-state index is 13.2. The van der Waals surface area contributed by atoms with E-state index >= 15 is 0 Å². The number of halogens is 1. The fourth-order valence-electron chi connectivity index (χ4n) is 3.13.